The molecule has 2 atom stereocenters. The zero-order valence-corrected chi connectivity index (χ0v) is 10.2. The Balaban J connectivity index is 1.78. The van der Waals surface area contributed by atoms with Gasteiger partial charge in [0.15, 0.2) is 0 Å². The standard InChI is InChI=1S/C12H22N2O2/c1-9(15)14-6-5-11(7-14)13-12(8-16-2)10-3-4-10/h10-13H,3-8H2,1-2H3. The molecule has 4 heteroatoms. The van der Waals surface area contributed by atoms with Gasteiger partial charge in [-0.1, -0.05) is 0 Å². The smallest absolute Gasteiger partial charge is 0.219 e. The predicted molar refractivity (Wildman–Crippen MR) is 62.2 cm³/mol. The molecule has 0 aromatic rings. The largest absolute Gasteiger partial charge is 0.383 e. The van der Waals surface area contributed by atoms with Gasteiger partial charge in [-0.15, -0.1) is 0 Å². The van der Waals surface area contributed by atoms with Crippen molar-refractivity contribution in [2.24, 2.45) is 5.92 Å². The molecule has 2 unspecified atom stereocenters. The summed E-state index contributed by atoms with van der Waals surface area (Å²) in [7, 11) is 1.76. The van der Waals surface area contributed by atoms with Crippen LogP contribution in [0.15, 0.2) is 0 Å². The molecule has 2 fully saturated rings. The van der Waals surface area contributed by atoms with Crippen molar-refractivity contribution in [3.05, 3.63) is 0 Å². The van der Waals surface area contributed by atoms with Crippen LogP contribution >= 0.6 is 0 Å². The molecule has 1 aliphatic carbocycles. The first-order chi connectivity index (χ1) is 7.70. The number of amides is 1. The van der Waals surface area contributed by atoms with E-state index in [-0.39, 0.29) is 5.91 Å². The van der Waals surface area contributed by atoms with Crippen molar-refractivity contribution in [2.45, 2.75) is 38.3 Å². The van der Waals surface area contributed by atoms with Crippen LogP contribution < -0.4 is 5.32 Å². The quantitative estimate of drug-likeness (QED) is 0.747. The zero-order valence-electron chi connectivity index (χ0n) is 10.2. The fraction of sp³-hybridized carbons (Fsp3) is 0.917. The number of likely N-dealkylation sites (tertiary alicyclic amines) is 1. The molecule has 1 saturated carbocycles. The van der Waals surface area contributed by atoms with Crippen molar-refractivity contribution >= 4 is 5.91 Å². The summed E-state index contributed by atoms with van der Waals surface area (Å²) < 4.78 is 5.25. The van der Waals surface area contributed by atoms with E-state index in [9.17, 15) is 4.79 Å². The van der Waals surface area contributed by atoms with Crippen LogP contribution in [0, 0.1) is 5.92 Å². The summed E-state index contributed by atoms with van der Waals surface area (Å²) in [6.07, 6.45) is 3.72. The van der Waals surface area contributed by atoms with Crippen molar-refractivity contribution in [1.29, 1.82) is 0 Å². The number of nitrogens with zero attached hydrogens (tertiary/aromatic N) is 1. The number of carbonyl (C=O) groups excluding carboxylic acids is 1. The van der Waals surface area contributed by atoms with Gasteiger partial charge in [0.1, 0.15) is 0 Å². The van der Waals surface area contributed by atoms with E-state index in [4.69, 9.17) is 4.74 Å². The molecule has 1 heterocycles. The van der Waals surface area contributed by atoms with Crippen molar-refractivity contribution in [1.82, 2.24) is 10.2 Å². The van der Waals surface area contributed by atoms with Gasteiger partial charge in [0, 0.05) is 39.2 Å². The Morgan fingerprint density at radius 1 is 1.50 bits per heavy atom. The molecule has 1 amide bonds. The van der Waals surface area contributed by atoms with Crippen LogP contribution in [0.2, 0.25) is 0 Å². The van der Waals surface area contributed by atoms with E-state index in [0.717, 1.165) is 32.0 Å². The molecule has 16 heavy (non-hydrogen) atoms. The zero-order chi connectivity index (χ0) is 11.5. The summed E-state index contributed by atoms with van der Waals surface area (Å²) in [5, 5.41) is 3.64. The Hall–Kier alpha value is -0.610. The molecule has 1 N–H and O–H groups in total. The van der Waals surface area contributed by atoms with Crippen molar-refractivity contribution in [3.63, 3.8) is 0 Å². The SMILES string of the molecule is COCC(NC1CCN(C(C)=O)C1)C1CC1. The molecule has 0 spiro atoms. The summed E-state index contributed by atoms with van der Waals surface area (Å²) in [4.78, 5) is 13.1. The number of carbonyl (C=O) groups is 1. The van der Waals surface area contributed by atoms with Crippen LogP contribution in [0.3, 0.4) is 0 Å². The Bertz CT molecular complexity index is 253. The average molecular weight is 226 g/mol. The molecule has 4 nitrogen and oxygen atoms in total. The number of hydrogen-bond donors (Lipinski definition) is 1. The van der Waals surface area contributed by atoms with Crippen LogP contribution in [0.25, 0.3) is 0 Å². The van der Waals surface area contributed by atoms with E-state index in [0.29, 0.717) is 12.1 Å². The predicted octanol–water partition coefficient (Wildman–Crippen LogP) is 0.622. The van der Waals surface area contributed by atoms with Gasteiger partial charge in [0.2, 0.25) is 5.91 Å². The van der Waals surface area contributed by atoms with Gasteiger partial charge >= 0.3 is 0 Å². The fourth-order valence-electron chi connectivity index (χ4n) is 2.48. The lowest BCUT2D eigenvalue weighted by molar-refractivity contribution is -0.127. The molecule has 0 bridgehead atoms. The molecule has 1 saturated heterocycles. The Labute approximate surface area is 97.3 Å². The summed E-state index contributed by atoms with van der Waals surface area (Å²) in [6, 6.07) is 0.951. The highest BCUT2D eigenvalue weighted by atomic mass is 16.5. The minimum absolute atomic E-state index is 0.194. The van der Waals surface area contributed by atoms with Gasteiger partial charge in [0.25, 0.3) is 0 Å². The van der Waals surface area contributed by atoms with Gasteiger partial charge in [-0.25, -0.2) is 0 Å². The molecule has 92 valence electrons. The van der Waals surface area contributed by atoms with Crippen molar-refractivity contribution < 1.29 is 9.53 Å². The molecular weight excluding hydrogens is 204 g/mol. The summed E-state index contributed by atoms with van der Waals surface area (Å²) >= 11 is 0. The van der Waals surface area contributed by atoms with Gasteiger partial charge in [-0.2, -0.15) is 0 Å². The first-order valence-corrected chi connectivity index (χ1v) is 6.21. The summed E-state index contributed by atoms with van der Waals surface area (Å²) in [5.74, 6) is 0.991. The minimum Gasteiger partial charge on any atom is -0.383 e. The lowest BCUT2D eigenvalue weighted by atomic mass is 10.1. The van der Waals surface area contributed by atoms with E-state index in [2.05, 4.69) is 5.32 Å². The van der Waals surface area contributed by atoms with Crippen LogP contribution in [0.5, 0.6) is 0 Å². The van der Waals surface area contributed by atoms with E-state index in [1.54, 1.807) is 14.0 Å². The topological polar surface area (TPSA) is 41.6 Å². The monoisotopic (exact) mass is 226 g/mol. The van der Waals surface area contributed by atoms with Gasteiger partial charge in [-0.05, 0) is 25.2 Å². The first kappa shape index (κ1) is 11.9. The van der Waals surface area contributed by atoms with Crippen molar-refractivity contribution in [3.8, 4) is 0 Å². The normalized spacial score (nSPS) is 27.1. The Morgan fingerprint density at radius 3 is 2.75 bits per heavy atom. The molecular formula is C12H22N2O2. The highest BCUT2D eigenvalue weighted by Crippen LogP contribution is 2.33. The fourth-order valence-corrected chi connectivity index (χ4v) is 2.48. The van der Waals surface area contributed by atoms with E-state index in [1.807, 2.05) is 4.90 Å². The highest BCUT2D eigenvalue weighted by molar-refractivity contribution is 5.73. The van der Waals surface area contributed by atoms with E-state index < -0.39 is 0 Å². The molecule has 2 aliphatic rings. The lowest BCUT2D eigenvalue weighted by Gasteiger charge is -2.22. The van der Waals surface area contributed by atoms with Crippen molar-refractivity contribution in [2.75, 3.05) is 26.8 Å². The minimum atomic E-state index is 0.194. The Kier molecular flexibility index (Phi) is 3.82. The van der Waals surface area contributed by atoms with Gasteiger partial charge in [-0.3, -0.25) is 4.79 Å². The van der Waals surface area contributed by atoms with Gasteiger partial charge < -0.3 is 15.0 Å². The summed E-state index contributed by atoms with van der Waals surface area (Å²) in [5.41, 5.74) is 0. The molecule has 1 aliphatic heterocycles. The number of methoxy groups -OCH3 is 1. The number of hydrogen-bond acceptors (Lipinski definition) is 3. The van der Waals surface area contributed by atoms with Crippen LogP contribution in [-0.2, 0) is 9.53 Å². The van der Waals surface area contributed by atoms with Crippen LogP contribution in [0.4, 0.5) is 0 Å². The van der Waals surface area contributed by atoms with E-state index in [1.165, 1.54) is 12.8 Å². The van der Waals surface area contributed by atoms with E-state index >= 15 is 0 Å². The second-order valence-corrected chi connectivity index (χ2v) is 5.02. The highest BCUT2D eigenvalue weighted by Gasteiger charge is 2.34. The molecule has 0 radical (unpaired) electrons. The second-order valence-electron chi connectivity index (χ2n) is 5.02. The second kappa shape index (κ2) is 5.15. The number of ether oxygens (including phenoxy) is 1. The average Bonchev–Trinajstić information content (AvgIpc) is 2.98. The molecule has 0 aromatic heterocycles. The Morgan fingerprint density at radius 2 is 2.25 bits per heavy atom. The maximum absolute atomic E-state index is 11.2. The third-order valence-corrected chi connectivity index (χ3v) is 3.62. The number of rotatable bonds is 5. The van der Waals surface area contributed by atoms with Crippen LogP contribution in [-0.4, -0.2) is 49.7 Å². The third kappa shape index (κ3) is 2.95. The molecule has 2 rings (SSSR count). The maximum Gasteiger partial charge on any atom is 0.219 e. The lowest BCUT2D eigenvalue weighted by Crippen LogP contribution is -2.44. The van der Waals surface area contributed by atoms with Gasteiger partial charge in [0.05, 0.1) is 6.61 Å². The first-order valence-electron chi connectivity index (χ1n) is 6.21. The number of nitrogens with one attached hydrogen (secondary N) is 1. The summed E-state index contributed by atoms with van der Waals surface area (Å²) in [6.45, 7) is 4.21. The third-order valence-electron chi connectivity index (χ3n) is 3.62. The maximum atomic E-state index is 11.2. The molecule has 0 aromatic carbocycles. The van der Waals surface area contributed by atoms with Crippen LogP contribution in [0.1, 0.15) is 26.2 Å².